The summed E-state index contributed by atoms with van der Waals surface area (Å²) in [5.74, 6) is -1.07. The zero-order valence-corrected chi connectivity index (χ0v) is 18.8. The molecule has 0 aliphatic heterocycles. The molecule has 7 nitrogen and oxygen atoms in total. The number of hydrazone groups is 1. The van der Waals surface area contributed by atoms with Crippen LogP contribution in [0.5, 0.6) is 5.75 Å². The summed E-state index contributed by atoms with van der Waals surface area (Å²) in [5, 5.41) is 6.45. The molecule has 0 aromatic heterocycles. The van der Waals surface area contributed by atoms with E-state index in [4.69, 9.17) is 4.74 Å². The molecule has 3 aromatic rings. The van der Waals surface area contributed by atoms with Crippen molar-refractivity contribution in [1.29, 1.82) is 0 Å². The lowest BCUT2D eigenvalue weighted by molar-refractivity contribution is -0.120. The van der Waals surface area contributed by atoms with Crippen molar-refractivity contribution >= 4 is 39.9 Å². The molecule has 2 amide bonds. The fourth-order valence-electron chi connectivity index (χ4n) is 2.74. The molecule has 3 aromatic carbocycles. The number of nitrogens with one attached hydrogen (secondary N) is 2. The van der Waals surface area contributed by atoms with Crippen LogP contribution in [-0.4, -0.2) is 30.5 Å². The van der Waals surface area contributed by atoms with Crippen LogP contribution in [0.3, 0.4) is 0 Å². The quantitative estimate of drug-likeness (QED) is 0.226. The van der Waals surface area contributed by atoms with Gasteiger partial charge in [-0.1, -0.05) is 52.3 Å². The number of rotatable bonds is 7. The number of halogens is 1. The molecule has 0 bridgehead atoms. The van der Waals surface area contributed by atoms with Crippen molar-refractivity contribution in [3.63, 3.8) is 0 Å². The Bertz CT molecular complexity index is 1160. The van der Waals surface area contributed by atoms with E-state index in [-0.39, 0.29) is 18.2 Å². The van der Waals surface area contributed by atoms with Crippen molar-refractivity contribution in [2.45, 2.75) is 6.92 Å². The van der Waals surface area contributed by atoms with Crippen molar-refractivity contribution < 1.29 is 19.1 Å². The summed E-state index contributed by atoms with van der Waals surface area (Å²) in [7, 11) is 0. The molecule has 32 heavy (non-hydrogen) atoms. The normalized spacial score (nSPS) is 10.6. The van der Waals surface area contributed by atoms with E-state index in [1.165, 1.54) is 6.21 Å². The monoisotopic (exact) mass is 493 g/mol. The van der Waals surface area contributed by atoms with Gasteiger partial charge in [0.05, 0.1) is 18.3 Å². The predicted octanol–water partition coefficient (Wildman–Crippen LogP) is 3.86. The number of amides is 2. The summed E-state index contributed by atoms with van der Waals surface area (Å²) in [5.41, 5.74) is 4.55. The molecule has 0 fully saturated rings. The summed E-state index contributed by atoms with van der Waals surface area (Å²) < 4.78 is 6.21. The van der Waals surface area contributed by atoms with Gasteiger partial charge in [0.25, 0.3) is 11.8 Å². The third-order valence-corrected chi connectivity index (χ3v) is 4.87. The minimum atomic E-state index is -0.509. The molecule has 0 saturated heterocycles. The molecule has 0 unspecified atom stereocenters. The van der Waals surface area contributed by atoms with E-state index in [0.29, 0.717) is 16.7 Å². The van der Waals surface area contributed by atoms with E-state index in [0.717, 1.165) is 10.0 Å². The van der Waals surface area contributed by atoms with E-state index in [2.05, 4.69) is 31.8 Å². The first-order valence-electron chi connectivity index (χ1n) is 9.66. The van der Waals surface area contributed by atoms with Gasteiger partial charge in [-0.05, 0) is 48.9 Å². The van der Waals surface area contributed by atoms with Crippen LogP contribution >= 0.6 is 15.9 Å². The second kappa shape index (κ2) is 11.0. The van der Waals surface area contributed by atoms with Crippen molar-refractivity contribution in [1.82, 2.24) is 10.7 Å². The molecule has 2 N–H and O–H groups in total. The van der Waals surface area contributed by atoms with Crippen molar-refractivity contribution in [3.8, 4) is 5.75 Å². The van der Waals surface area contributed by atoms with Gasteiger partial charge in [-0.3, -0.25) is 9.59 Å². The number of esters is 1. The first-order valence-corrected chi connectivity index (χ1v) is 10.5. The average Bonchev–Trinajstić information content (AvgIpc) is 2.80. The summed E-state index contributed by atoms with van der Waals surface area (Å²) in [6.45, 7) is 1.58. The highest BCUT2D eigenvalue weighted by Crippen LogP contribution is 2.23. The molecule has 0 radical (unpaired) electrons. The predicted molar refractivity (Wildman–Crippen MR) is 125 cm³/mol. The lowest BCUT2D eigenvalue weighted by Crippen LogP contribution is -2.35. The molecule has 8 heteroatoms. The zero-order valence-electron chi connectivity index (χ0n) is 17.2. The number of nitrogens with zero attached hydrogens (tertiary/aromatic N) is 1. The number of carbonyl (C=O) groups excluding carboxylic acids is 3. The van der Waals surface area contributed by atoms with Gasteiger partial charge < -0.3 is 10.1 Å². The fraction of sp³-hybridized carbons (Fsp3) is 0.0833. The van der Waals surface area contributed by atoms with E-state index >= 15 is 0 Å². The standard InChI is InChI=1S/C24H20BrN3O4/c1-16-7-5-6-10-20(16)23(30)26-15-22(29)28-27-14-18-13-19(25)11-12-21(18)32-24(31)17-8-3-2-4-9-17/h2-14H,15H2,1H3,(H,26,30)(H,28,29). The molecule has 0 atom stereocenters. The molecule has 3 rings (SSSR count). The first kappa shape index (κ1) is 22.9. The number of carbonyl (C=O) groups is 3. The Morgan fingerprint density at radius 3 is 2.47 bits per heavy atom. The molecule has 0 saturated carbocycles. The van der Waals surface area contributed by atoms with Crippen LogP contribution in [0.15, 0.2) is 82.4 Å². The Hall–Kier alpha value is -3.78. The Morgan fingerprint density at radius 2 is 1.72 bits per heavy atom. The summed E-state index contributed by atoms with van der Waals surface area (Å²) in [4.78, 5) is 36.6. The Morgan fingerprint density at radius 1 is 1.00 bits per heavy atom. The highest BCUT2D eigenvalue weighted by Gasteiger charge is 2.12. The number of benzene rings is 3. The second-order valence-electron chi connectivity index (χ2n) is 6.73. The Balaban J connectivity index is 1.59. The maximum Gasteiger partial charge on any atom is 0.343 e. The Kier molecular flexibility index (Phi) is 7.88. The van der Waals surface area contributed by atoms with Gasteiger partial charge in [0, 0.05) is 15.6 Å². The number of ether oxygens (including phenoxy) is 1. The van der Waals surface area contributed by atoms with E-state index < -0.39 is 11.9 Å². The lowest BCUT2D eigenvalue weighted by atomic mass is 10.1. The fourth-order valence-corrected chi connectivity index (χ4v) is 3.12. The number of hydrogen-bond acceptors (Lipinski definition) is 5. The summed E-state index contributed by atoms with van der Waals surface area (Å²) >= 11 is 3.36. The van der Waals surface area contributed by atoms with E-state index in [9.17, 15) is 14.4 Å². The maximum atomic E-state index is 12.3. The number of aryl methyl sites for hydroxylation is 1. The molecule has 162 valence electrons. The molecular formula is C24H20BrN3O4. The third kappa shape index (κ3) is 6.36. The second-order valence-corrected chi connectivity index (χ2v) is 7.64. The van der Waals surface area contributed by atoms with Crippen molar-refractivity contribution in [2.24, 2.45) is 5.10 Å². The van der Waals surface area contributed by atoms with Crippen LogP contribution in [0, 0.1) is 6.92 Å². The van der Waals surface area contributed by atoms with Gasteiger partial charge in [-0.25, -0.2) is 10.2 Å². The van der Waals surface area contributed by atoms with Crippen LogP contribution < -0.4 is 15.5 Å². The zero-order chi connectivity index (χ0) is 22.9. The van der Waals surface area contributed by atoms with Crippen LogP contribution in [0.25, 0.3) is 0 Å². The molecule has 0 aliphatic rings. The smallest absolute Gasteiger partial charge is 0.343 e. The van der Waals surface area contributed by atoms with Crippen molar-refractivity contribution in [2.75, 3.05) is 6.54 Å². The molecular weight excluding hydrogens is 474 g/mol. The van der Waals surface area contributed by atoms with Gasteiger partial charge in [0.2, 0.25) is 0 Å². The average molecular weight is 494 g/mol. The molecule has 0 aliphatic carbocycles. The van der Waals surface area contributed by atoms with Gasteiger partial charge in [-0.2, -0.15) is 5.10 Å². The first-order chi connectivity index (χ1) is 15.4. The van der Waals surface area contributed by atoms with Crippen LogP contribution in [0.2, 0.25) is 0 Å². The minimum Gasteiger partial charge on any atom is -0.422 e. The van der Waals surface area contributed by atoms with Crippen LogP contribution in [0.4, 0.5) is 0 Å². The molecule has 0 heterocycles. The van der Waals surface area contributed by atoms with Crippen LogP contribution in [-0.2, 0) is 4.79 Å². The number of hydrogen-bond donors (Lipinski definition) is 2. The summed E-state index contributed by atoms with van der Waals surface area (Å²) in [6, 6.07) is 20.7. The largest absolute Gasteiger partial charge is 0.422 e. The van der Waals surface area contributed by atoms with Gasteiger partial charge in [-0.15, -0.1) is 0 Å². The highest BCUT2D eigenvalue weighted by molar-refractivity contribution is 9.10. The van der Waals surface area contributed by atoms with Crippen molar-refractivity contribution in [3.05, 3.63) is 99.5 Å². The Labute approximate surface area is 193 Å². The topological polar surface area (TPSA) is 96.9 Å². The maximum absolute atomic E-state index is 12.3. The minimum absolute atomic E-state index is 0.237. The van der Waals surface area contributed by atoms with E-state index in [1.54, 1.807) is 60.7 Å². The molecule has 0 spiro atoms. The van der Waals surface area contributed by atoms with Gasteiger partial charge >= 0.3 is 5.97 Å². The van der Waals surface area contributed by atoms with Crippen LogP contribution in [0.1, 0.15) is 31.8 Å². The summed E-state index contributed by atoms with van der Waals surface area (Å²) in [6.07, 6.45) is 1.36. The SMILES string of the molecule is Cc1ccccc1C(=O)NCC(=O)NN=Cc1cc(Br)ccc1OC(=O)c1ccccc1. The van der Waals surface area contributed by atoms with Gasteiger partial charge in [0.1, 0.15) is 5.75 Å². The third-order valence-electron chi connectivity index (χ3n) is 4.38. The highest BCUT2D eigenvalue weighted by atomic mass is 79.9. The lowest BCUT2D eigenvalue weighted by Gasteiger charge is -2.08. The van der Waals surface area contributed by atoms with E-state index in [1.807, 2.05) is 19.1 Å². The van der Waals surface area contributed by atoms with Gasteiger partial charge in [0.15, 0.2) is 0 Å².